The van der Waals surface area contributed by atoms with Gasteiger partial charge in [-0.2, -0.15) is 0 Å². The fourth-order valence-corrected chi connectivity index (χ4v) is 5.15. The highest BCUT2D eigenvalue weighted by molar-refractivity contribution is 6.12. The van der Waals surface area contributed by atoms with Gasteiger partial charge in [-0.25, -0.2) is 9.21 Å². The number of carbonyl (C=O) groups is 5. The van der Waals surface area contributed by atoms with E-state index in [1.54, 1.807) is 0 Å². The number of hydrogen-bond acceptors (Lipinski definition) is 9. The molecule has 1 aromatic heterocycles. The average Bonchev–Trinajstić information content (AvgIpc) is 2.90. The van der Waals surface area contributed by atoms with Gasteiger partial charge in [-0.1, -0.05) is 18.2 Å². The Balaban J connectivity index is 2.00. The minimum absolute atomic E-state index is 0.0347. The number of carboxylic acid groups (broad SMARTS) is 5. The van der Waals surface area contributed by atoms with E-state index in [0.717, 1.165) is 9.80 Å². The summed E-state index contributed by atoms with van der Waals surface area (Å²) in [6.07, 6.45) is 0. The lowest BCUT2D eigenvalue weighted by molar-refractivity contribution is -0.144. The first-order valence-electron chi connectivity index (χ1n) is 13.1. The van der Waals surface area contributed by atoms with Gasteiger partial charge in [0.05, 0.1) is 54.6 Å². The molecule has 1 heterocycles. The summed E-state index contributed by atoms with van der Waals surface area (Å²) in [5, 5.41) is 69.0. The second-order valence-electron chi connectivity index (χ2n) is 10.1. The first-order valence-corrected chi connectivity index (χ1v) is 13.1. The van der Waals surface area contributed by atoms with Crippen LogP contribution in [0.5, 0.6) is 11.5 Å². The summed E-state index contributed by atoms with van der Waals surface area (Å²) in [5.41, 5.74) is 0.395. The smallest absolute Gasteiger partial charge is 0.365 e. The lowest BCUT2D eigenvalue weighted by Crippen LogP contribution is -2.34. The van der Waals surface area contributed by atoms with Gasteiger partial charge in [0.15, 0.2) is 0 Å². The van der Waals surface area contributed by atoms with Crippen LogP contribution in [0.25, 0.3) is 33.1 Å². The number of fused-ring (bicyclic) bond motifs is 2. The van der Waals surface area contributed by atoms with Crippen molar-refractivity contribution in [3.8, 4) is 22.6 Å². The topological polar surface area (TPSA) is 245 Å². The number of phenolic OH excluding ortho intramolecular Hbond substituents is 2. The third-order valence-corrected chi connectivity index (χ3v) is 6.76. The molecular formula is C30H27N2O13+. The monoisotopic (exact) mass is 623 g/mol. The standard InChI is InChI=1S/C30H26N2O13/c33-17-4-5-18-22(7-17)45-23-8-21(34)16(10-32(13-26(39)40)14-27(41)42)6-20(23)29(18)19-3-1-2-15(28(19)30(43)44)9-31(11-24(35)36)12-25(37)38/h1-8H,9-14H2,(H6-,33,34,35,36,37,38,39,40,41,42,43,44)/p+1. The summed E-state index contributed by atoms with van der Waals surface area (Å²) in [7, 11) is 0. The van der Waals surface area contributed by atoms with Crippen molar-refractivity contribution in [1.82, 2.24) is 9.80 Å². The van der Waals surface area contributed by atoms with Gasteiger partial charge in [-0.15, -0.1) is 0 Å². The summed E-state index contributed by atoms with van der Waals surface area (Å²) in [4.78, 5) is 60.4. The van der Waals surface area contributed by atoms with Crippen LogP contribution in [0.2, 0.25) is 0 Å². The molecule has 0 aliphatic rings. The van der Waals surface area contributed by atoms with E-state index in [1.807, 2.05) is 0 Å². The predicted octanol–water partition coefficient (Wildman–Crippen LogP) is 2.59. The fraction of sp³-hybridized carbons (Fsp3) is 0.200. The summed E-state index contributed by atoms with van der Waals surface area (Å²) in [5.74, 6) is -7.22. The number of aromatic hydroxyl groups is 2. The van der Waals surface area contributed by atoms with E-state index in [9.17, 15) is 59.7 Å². The zero-order valence-electron chi connectivity index (χ0n) is 23.3. The van der Waals surface area contributed by atoms with E-state index in [4.69, 9.17) is 4.42 Å². The van der Waals surface area contributed by atoms with Crippen LogP contribution in [0, 0.1) is 0 Å². The molecule has 0 saturated heterocycles. The van der Waals surface area contributed by atoms with Crippen molar-refractivity contribution in [2.75, 3.05) is 26.2 Å². The van der Waals surface area contributed by atoms with Gasteiger partial charge in [0.25, 0.3) is 0 Å². The highest BCUT2D eigenvalue weighted by Crippen LogP contribution is 2.42. The van der Waals surface area contributed by atoms with Crippen LogP contribution in [0.4, 0.5) is 0 Å². The van der Waals surface area contributed by atoms with Crippen LogP contribution in [0.3, 0.4) is 0 Å². The molecule has 45 heavy (non-hydrogen) atoms. The number of nitrogens with zero attached hydrogens (tertiary/aromatic N) is 2. The number of aromatic carboxylic acids is 1. The zero-order valence-corrected chi connectivity index (χ0v) is 23.3. The van der Waals surface area contributed by atoms with Crippen LogP contribution < -0.4 is 0 Å². The molecule has 0 spiro atoms. The molecule has 15 heteroatoms. The van der Waals surface area contributed by atoms with Crippen molar-refractivity contribution < 1.29 is 64.1 Å². The average molecular weight is 624 g/mol. The van der Waals surface area contributed by atoms with Gasteiger partial charge in [0.1, 0.15) is 11.5 Å². The molecule has 0 unspecified atom stereocenters. The van der Waals surface area contributed by atoms with Gasteiger partial charge in [0, 0.05) is 24.2 Å². The Bertz CT molecular complexity index is 1820. The Hall–Kier alpha value is -5.80. The molecule has 0 aliphatic carbocycles. The number of phenols is 2. The number of carboxylic acids is 5. The third kappa shape index (κ3) is 7.59. The maximum absolute atomic E-state index is 12.8. The highest BCUT2D eigenvalue weighted by Gasteiger charge is 2.28. The van der Waals surface area contributed by atoms with E-state index >= 15 is 0 Å². The Morgan fingerprint density at radius 2 is 1.16 bits per heavy atom. The van der Waals surface area contributed by atoms with Gasteiger partial charge in [-0.05, 0) is 29.3 Å². The van der Waals surface area contributed by atoms with E-state index in [1.165, 1.54) is 48.5 Å². The van der Waals surface area contributed by atoms with E-state index in [-0.39, 0.29) is 69.0 Å². The molecule has 0 aliphatic heterocycles. The highest BCUT2D eigenvalue weighted by atomic mass is 16.4. The lowest BCUT2D eigenvalue weighted by Gasteiger charge is -2.21. The molecule has 4 aromatic rings. The Labute approximate surface area is 253 Å². The molecule has 4 rings (SSSR count). The third-order valence-electron chi connectivity index (χ3n) is 6.76. The SMILES string of the molecule is O=C(O)CN(CC(=O)O)Cc1cc2c(-c3cccc(CN(CC(=O)O)CC(=O)O)c3C(=O)O)c3ccc(O)cc3[o+]c2cc1O. The largest absolute Gasteiger partial charge is 0.508 e. The molecule has 0 fully saturated rings. The molecule has 3 aromatic carbocycles. The summed E-state index contributed by atoms with van der Waals surface area (Å²) >= 11 is 0. The number of aliphatic carboxylic acids is 4. The summed E-state index contributed by atoms with van der Waals surface area (Å²) in [6.45, 7) is -3.36. The predicted molar refractivity (Wildman–Crippen MR) is 155 cm³/mol. The van der Waals surface area contributed by atoms with Gasteiger partial charge in [-0.3, -0.25) is 29.0 Å². The molecule has 234 valence electrons. The maximum atomic E-state index is 12.8. The van der Waals surface area contributed by atoms with Crippen LogP contribution in [-0.4, -0.2) is 102 Å². The minimum Gasteiger partial charge on any atom is -0.508 e. The van der Waals surface area contributed by atoms with E-state index in [0.29, 0.717) is 5.39 Å². The van der Waals surface area contributed by atoms with Crippen molar-refractivity contribution in [2.45, 2.75) is 13.1 Å². The Morgan fingerprint density at radius 1 is 0.622 bits per heavy atom. The fourth-order valence-electron chi connectivity index (χ4n) is 5.15. The molecule has 0 atom stereocenters. The van der Waals surface area contributed by atoms with Gasteiger partial charge >= 0.3 is 41.0 Å². The van der Waals surface area contributed by atoms with Crippen LogP contribution in [0.15, 0.2) is 52.9 Å². The second kappa shape index (κ2) is 13.2. The minimum atomic E-state index is -1.42. The molecule has 0 saturated carbocycles. The zero-order chi connectivity index (χ0) is 33.0. The van der Waals surface area contributed by atoms with Gasteiger partial charge < -0.3 is 35.7 Å². The summed E-state index contributed by atoms with van der Waals surface area (Å²) < 4.78 is 5.93. The first kappa shape index (κ1) is 32.1. The maximum Gasteiger partial charge on any atom is 0.365 e. The lowest BCUT2D eigenvalue weighted by atomic mass is 9.90. The Morgan fingerprint density at radius 3 is 1.69 bits per heavy atom. The number of benzene rings is 3. The molecule has 15 nitrogen and oxygen atoms in total. The van der Waals surface area contributed by atoms with E-state index < -0.39 is 56.0 Å². The van der Waals surface area contributed by atoms with Crippen molar-refractivity contribution in [1.29, 1.82) is 0 Å². The Kier molecular flexibility index (Phi) is 9.45. The van der Waals surface area contributed by atoms with Crippen molar-refractivity contribution in [3.05, 3.63) is 65.2 Å². The van der Waals surface area contributed by atoms with Crippen LogP contribution in [0.1, 0.15) is 21.5 Å². The van der Waals surface area contributed by atoms with Crippen molar-refractivity contribution in [3.63, 3.8) is 0 Å². The second-order valence-corrected chi connectivity index (χ2v) is 10.1. The molecule has 0 bridgehead atoms. The number of hydrogen-bond donors (Lipinski definition) is 7. The van der Waals surface area contributed by atoms with Crippen molar-refractivity contribution >= 4 is 51.8 Å². The normalized spacial score (nSPS) is 11.3. The van der Waals surface area contributed by atoms with Gasteiger partial charge in [0.2, 0.25) is 0 Å². The molecule has 7 N–H and O–H groups in total. The summed E-state index contributed by atoms with van der Waals surface area (Å²) in [6, 6.07) is 11.1. The van der Waals surface area contributed by atoms with Crippen LogP contribution in [-0.2, 0) is 32.3 Å². The van der Waals surface area contributed by atoms with E-state index in [2.05, 4.69) is 0 Å². The van der Waals surface area contributed by atoms with Crippen LogP contribution >= 0.6 is 0 Å². The quantitative estimate of drug-likeness (QED) is 0.0788. The first-order chi connectivity index (χ1) is 21.2. The number of rotatable bonds is 14. The molecule has 0 radical (unpaired) electrons. The molecular weight excluding hydrogens is 596 g/mol. The molecule has 0 amide bonds. The van der Waals surface area contributed by atoms with Crippen molar-refractivity contribution in [2.24, 2.45) is 0 Å².